The van der Waals surface area contributed by atoms with Crippen molar-refractivity contribution >= 4 is 28.6 Å². The van der Waals surface area contributed by atoms with E-state index < -0.39 is 0 Å². The molecule has 0 bridgehead atoms. The number of carbonyl (C=O) groups excluding carboxylic acids is 1. The van der Waals surface area contributed by atoms with E-state index in [2.05, 4.69) is 17.1 Å². The monoisotopic (exact) mass is 379 g/mol. The van der Waals surface area contributed by atoms with Crippen molar-refractivity contribution in [2.75, 3.05) is 19.6 Å². The summed E-state index contributed by atoms with van der Waals surface area (Å²) in [5, 5.41) is 3.59. The van der Waals surface area contributed by atoms with E-state index in [9.17, 15) is 9.59 Å². The highest BCUT2D eigenvalue weighted by Gasteiger charge is 2.25. The molecule has 1 aliphatic heterocycles. The molecule has 2 aromatic rings. The number of amides is 1. The first kappa shape index (κ1) is 19.0. The summed E-state index contributed by atoms with van der Waals surface area (Å²) in [6.07, 6.45) is 4.98. The Balaban J connectivity index is 1.54. The number of unbranched alkanes of at least 4 members (excludes halogenated alkanes) is 2. The van der Waals surface area contributed by atoms with Gasteiger partial charge >= 0.3 is 5.76 Å². The van der Waals surface area contributed by atoms with E-state index >= 15 is 0 Å². The van der Waals surface area contributed by atoms with E-state index in [-0.39, 0.29) is 17.6 Å². The second kappa shape index (κ2) is 8.73. The van der Waals surface area contributed by atoms with Crippen molar-refractivity contribution in [3.8, 4) is 0 Å². The van der Waals surface area contributed by atoms with E-state index in [0.29, 0.717) is 17.3 Å². The van der Waals surface area contributed by atoms with Crippen molar-refractivity contribution in [2.24, 2.45) is 5.92 Å². The van der Waals surface area contributed by atoms with Crippen LogP contribution in [0.5, 0.6) is 0 Å². The third-order valence-electron chi connectivity index (χ3n) is 5.01. The summed E-state index contributed by atoms with van der Waals surface area (Å²) < 4.78 is 6.90. The van der Waals surface area contributed by atoms with Crippen molar-refractivity contribution in [1.82, 2.24) is 14.8 Å². The third kappa shape index (κ3) is 4.48. The molecule has 1 N–H and O–H groups in total. The van der Waals surface area contributed by atoms with Gasteiger partial charge in [0.15, 0.2) is 5.58 Å². The second-order valence-electron chi connectivity index (χ2n) is 6.94. The number of benzene rings is 1. The van der Waals surface area contributed by atoms with Gasteiger partial charge in [-0.25, -0.2) is 4.79 Å². The molecule has 1 aliphatic rings. The van der Waals surface area contributed by atoms with Crippen LogP contribution in [0.4, 0.5) is 0 Å². The van der Waals surface area contributed by atoms with Crippen LogP contribution < -0.4 is 11.1 Å². The van der Waals surface area contributed by atoms with Crippen molar-refractivity contribution < 1.29 is 9.21 Å². The average Bonchev–Trinajstić information content (AvgIpc) is 2.93. The fraction of sp³-hybridized carbons (Fsp3) is 0.579. The maximum atomic E-state index is 12.2. The van der Waals surface area contributed by atoms with Crippen molar-refractivity contribution in [2.45, 2.75) is 45.7 Å². The number of nitrogens with zero attached hydrogens (tertiary/aromatic N) is 2. The van der Waals surface area contributed by atoms with Crippen LogP contribution in [-0.2, 0) is 11.5 Å². The van der Waals surface area contributed by atoms with Gasteiger partial charge in [0.1, 0.15) is 0 Å². The summed E-state index contributed by atoms with van der Waals surface area (Å²) >= 11 is 5.95. The minimum Gasteiger partial charge on any atom is -0.408 e. The lowest BCUT2D eigenvalue weighted by molar-refractivity contribution is -0.126. The molecule has 7 heteroatoms. The van der Waals surface area contributed by atoms with Gasteiger partial charge in [-0.05, 0) is 31.4 Å². The largest absolute Gasteiger partial charge is 0.421 e. The molecule has 26 heavy (non-hydrogen) atoms. The number of halogens is 1. The van der Waals surface area contributed by atoms with Crippen LogP contribution in [0.25, 0.3) is 11.1 Å². The Morgan fingerprint density at radius 1 is 1.31 bits per heavy atom. The lowest BCUT2D eigenvalue weighted by Gasteiger charge is -2.31. The van der Waals surface area contributed by atoms with Crippen LogP contribution in [0.15, 0.2) is 27.4 Å². The van der Waals surface area contributed by atoms with E-state index in [1.54, 1.807) is 22.8 Å². The van der Waals surface area contributed by atoms with E-state index in [1.807, 2.05) is 0 Å². The standard InChI is InChI=1S/C19H26ClN3O3/c1-2-3-4-9-21-18(24)14-7-10-22(11-8-14)13-23-16-6-5-15(20)12-17(16)26-19(23)25/h5-6,12,14H,2-4,7-11,13H2,1H3,(H,21,24). The zero-order valence-electron chi connectivity index (χ0n) is 15.2. The van der Waals surface area contributed by atoms with Gasteiger partial charge < -0.3 is 9.73 Å². The number of hydrogen-bond donors (Lipinski definition) is 1. The fourth-order valence-corrected chi connectivity index (χ4v) is 3.60. The number of nitrogens with one attached hydrogen (secondary N) is 1. The van der Waals surface area contributed by atoms with Crippen LogP contribution in [0.1, 0.15) is 39.0 Å². The molecule has 142 valence electrons. The molecule has 0 radical (unpaired) electrons. The molecular weight excluding hydrogens is 354 g/mol. The van der Waals surface area contributed by atoms with Crippen LogP contribution in [0.3, 0.4) is 0 Å². The summed E-state index contributed by atoms with van der Waals surface area (Å²) in [7, 11) is 0. The molecular formula is C19H26ClN3O3. The number of piperidine rings is 1. The Bertz CT molecular complexity index is 806. The molecule has 2 heterocycles. The van der Waals surface area contributed by atoms with Gasteiger partial charge in [0.25, 0.3) is 0 Å². The number of oxazole rings is 1. The highest BCUT2D eigenvalue weighted by Crippen LogP contribution is 2.21. The Hall–Kier alpha value is -1.79. The maximum absolute atomic E-state index is 12.2. The van der Waals surface area contributed by atoms with Gasteiger partial charge in [0, 0.05) is 36.6 Å². The van der Waals surface area contributed by atoms with E-state index in [0.717, 1.165) is 57.3 Å². The highest BCUT2D eigenvalue weighted by atomic mass is 35.5. The molecule has 0 saturated carbocycles. The molecule has 3 rings (SSSR count). The minimum atomic E-state index is -0.377. The van der Waals surface area contributed by atoms with Gasteiger partial charge in [-0.15, -0.1) is 0 Å². The molecule has 0 atom stereocenters. The first-order valence-corrected chi connectivity index (χ1v) is 9.75. The second-order valence-corrected chi connectivity index (χ2v) is 7.38. The molecule has 1 saturated heterocycles. The number of fused-ring (bicyclic) bond motifs is 1. The van der Waals surface area contributed by atoms with E-state index in [4.69, 9.17) is 16.0 Å². The Kier molecular flexibility index (Phi) is 6.38. The Morgan fingerprint density at radius 3 is 2.81 bits per heavy atom. The lowest BCUT2D eigenvalue weighted by Crippen LogP contribution is -2.42. The molecule has 1 aromatic carbocycles. The molecule has 1 fully saturated rings. The SMILES string of the molecule is CCCCCNC(=O)C1CCN(Cn2c(=O)oc3cc(Cl)ccc32)CC1. The number of carbonyl (C=O) groups is 1. The summed E-state index contributed by atoms with van der Waals surface area (Å²) in [6, 6.07) is 5.22. The molecule has 0 aliphatic carbocycles. The number of rotatable bonds is 7. The van der Waals surface area contributed by atoms with Gasteiger partial charge in [-0.3, -0.25) is 14.3 Å². The summed E-state index contributed by atoms with van der Waals surface area (Å²) in [6.45, 7) is 4.98. The van der Waals surface area contributed by atoms with Crippen LogP contribution in [-0.4, -0.2) is 35.0 Å². The Labute approximate surface area is 158 Å². The molecule has 0 unspecified atom stereocenters. The van der Waals surface area contributed by atoms with Crippen LogP contribution in [0, 0.1) is 5.92 Å². The van der Waals surface area contributed by atoms with Crippen molar-refractivity contribution in [3.05, 3.63) is 33.8 Å². The topological polar surface area (TPSA) is 67.5 Å². The summed E-state index contributed by atoms with van der Waals surface area (Å²) in [4.78, 5) is 26.5. The number of hydrogen-bond acceptors (Lipinski definition) is 4. The Morgan fingerprint density at radius 2 is 2.08 bits per heavy atom. The summed E-state index contributed by atoms with van der Waals surface area (Å²) in [5.74, 6) is -0.135. The minimum absolute atomic E-state index is 0.0736. The van der Waals surface area contributed by atoms with Gasteiger partial charge in [-0.1, -0.05) is 31.4 Å². The van der Waals surface area contributed by atoms with Crippen molar-refractivity contribution in [3.63, 3.8) is 0 Å². The summed E-state index contributed by atoms with van der Waals surface area (Å²) in [5.41, 5.74) is 1.25. The average molecular weight is 380 g/mol. The van der Waals surface area contributed by atoms with Gasteiger partial charge in [0.2, 0.25) is 5.91 Å². The van der Waals surface area contributed by atoms with E-state index in [1.165, 1.54) is 0 Å². The first-order valence-electron chi connectivity index (χ1n) is 9.37. The normalized spacial score (nSPS) is 16.2. The quantitative estimate of drug-likeness (QED) is 0.750. The fourth-order valence-electron chi connectivity index (χ4n) is 3.44. The molecule has 1 aromatic heterocycles. The smallest absolute Gasteiger partial charge is 0.408 e. The predicted octanol–water partition coefficient (Wildman–Crippen LogP) is 3.22. The number of likely N-dealkylation sites (tertiary alicyclic amines) is 1. The van der Waals surface area contributed by atoms with Crippen LogP contribution >= 0.6 is 11.6 Å². The first-order chi connectivity index (χ1) is 12.6. The molecule has 0 spiro atoms. The predicted molar refractivity (Wildman–Crippen MR) is 102 cm³/mol. The highest BCUT2D eigenvalue weighted by molar-refractivity contribution is 6.31. The van der Waals surface area contributed by atoms with Crippen LogP contribution in [0.2, 0.25) is 5.02 Å². The van der Waals surface area contributed by atoms with Gasteiger partial charge in [0.05, 0.1) is 12.2 Å². The van der Waals surface area contributed by atoms with Gasteiger partial charge in [-0.2, -0.15) is 0 Å². The zero-order chi connectivity index (χ0) is 18.5. The number of aromatic nitrogens is 1. The van der Waals surface area contributed by atoms with Crippen molar-refractivity contribution in [1.29, 1.82) is 0 Å². The molecule has 6 nitrogen and oxygen atoms in total. The molecule has 1 amide bonds. The zero-order valence-corrected chi connectivity index (χ0v) is 15.9. The third-order valence-corrected chi connectivity index (χ3v) is 5.24. The lowest BCUT2D eigenvalue weighted by atomic mass is 9.96. The maximum Gasteiger partial charge on any atom is 0.421 e.